The maximum Gasteiger partial charge on any atom is -0.00773 e. The van der Waals surface area contributed by atoms with Crippen LogP contribution in [0.5, 0.6) is 0 Å². The van der Waals surface area contributed by atoms with Crippen molar-refractivity contribution < 1.29 is 0 Å². The van der Waals surface area contributed by atoms with Crippen LogP contribution >= 0.6 is 24.0 Å². The highest BCUT2D eigenvalue weighted by Crippen LogP contribution is 2.05. The van der Waals surface area contributed by atoms with E-state index >= 15 is 0 Å². The molecule has 0 aliphatic rings. The van der Waals surface area contributed by atoms with Crippen molar-refractivity contribution in [2.75, 3.05) is 6.54 Å². The zero-order valence-electron chi connectivity index (χ0n) is 7.64. The van der Waals surface area contributed by atoms with Crippen molar-refractivity contribution >= 4 is 24.0 Å². The maximum atomic E-state index is 5.37. The molecule has 0 radical (unpaired) electrons. The average Bonchev–Trinajstić information content (AvgIpc) is 1.97. The topological polar surface area (TPSA) is 26.0 Å². The lowest BCUT2D eigenvalue weighted by Crippen LogP contribution is -1.97. The summed E-state index contributed by atoms with van der Waals surface area (Å²) in [6.07, 6.45) is 9.51. The van der Waals surface area contributed by atoms with Crippen LogP contribution in [0, 0.1) is 0 Å². The number of unbranched alkanes of at least 4 members (excludes halogenated alkanes) is 6. The van der Waals surface area contributed by atoms with E-state index in [0.717, 1.165) is 6.54 Å². The summed E-state index contributed by atoms with van der Waals surface area (Å²) in [6.45, 7) is 3.12. The number of rotatable bonds is 7. The number of nitrogens with two attached hydrogens (primary N) is 1. The number of halogens is 1. The molecule has 0 aromatic heterocycles. The van der Waals surface area contributed by atoms with Gasteiger partial charge in [0.2, 0.25) is 0 Å². The number of hydrogen-bond acceptors (Lipinski definition) is 1. The summed E-state index contributed by atoms with van der Waals surface area (Å²) in [7, 11) is 0. The smallest absolute Gasteiger partial charge is 0.00773 e. The van der Waals surface area contributed by atoms with Crippen molar-refractivity contribution in [3.05, 3.63) is 0 Å². The van der Waals surface area contributed by atoms with Crippen molar-refractivity contribution in [3.8, 4) is 0 Å². The van der Waals surface area contributed by atoms with E-state index < -0.39 is 0 Å². The Bertz CT molecular complexity index is 49.5. The zero-order chi connectivity index (χ0) is 7.66. The Labute approximate surface area is 88.1 Å². The molecule has 0 aliphatic carbocycles. The van der Waals surface area contributed by atoms with Crippen LogP contribution in [0.1, 0.15) is 51.9 Å². The van der Waals surface area contributed by atoms with E-state index in [9.17, 15) is 0 Å². The second-order valence-corrected chi connectivity index (χ2v) is 2.91. The van der Waals surface area contributed by atoms with Gasteiger partial charge in [-0.2, -0.15) is 0 Å². The molecule has 0 aliphatic heterocycles. The molecule has 0 amide bonds. The van der Waals surface area contributed by atoms with Gasteiger partial charge < -0.3 is 5.73 Å². The number of hydrogen-bond donors (Lipinski definition) is 1. The molecule has 1 nitrogen and oxygen atoms in total. The van der Waals surface area contributed by atoms with Crippen LogP contribution < -0.4 is 5.73 Å². The van der Waals surface area contributed by atoms with Gasteiger partial charge in [0.1, 0.15) is 0 Å². The monoisotopic (exact) mass is 271 g/mol. The first kappa shape index (κ1) is 14.2. The molecule has 0 fully saturated rings. The molecular weight excluding hydrogens is 249 g/mol. The van der Waals surface area contributed by atoms with Gasteiger partial charge in [0.25, 0.3) is 0 Å². The van der Waals surface area contributed by atoms with Crippen molar-refractivity contribution in [1.82, 2.24) is 0 Å². The molecule has 2 N–H and O–H groups in total. The lowest BCUT2D eigenvalue weighted by molar-refractivity contribution is 0.593. The summed E-state index contributed by atoms with van der Waals surface area (Å²) in [5.74, 6) is 0. The van der Waals surface area contributed by atoms with E-state index in [-0.39, 0.29) is 24.0 Å². The molecule has 2 heteroatoms. The molecule has 0 aromatic carbocycles. The van der Waals surface area contributed by atoms with Crippen LogP contribution in [0.2, 0.25) is 0 Å². The van der Waals surface area contributed by atoms with Crippen LogP contribution in [0.3, 0.4) is 0 Å². The fourth-order valence-electron chi connectivity index (χ4n) is 1.10. The van der Waals surface area contributed by atoms with Gasteiger partial charge in [0.05, 0.1) is 0 Å². The van der Waals surface area contributed by atoms with Gasteiger partial charge in [0, 0.05) is 0 Å². The Balaban J connectivity index is 0. The Morgan fingerprint density at radius 3 is 1.73 bits per heavy atom. The van der Waals surface area contributed by atoms with Crippen LogP contribution in [-0.4, -0.2) is 6.54 Å². The molecule has 0 aromatic rings. The highest BCUT2D eigenvalue weighted by Gasteiger charge is 1.87. The van der Waals surface area contributed by atoms with Crippen LogP contribution in [0.15, 0.2) is 0 Å². The highest BCUT2D eigenvalue weighted by atomic mass is 127. The molecule has 0 saturated carbocycles. The fourth-order valence-corrected chi connectivity index (χ4v) is 1.10. The SMILES string of the molecule is CCCCCCCCCN.I. The summed E-state index contributed by atoms with van der Waals surface area (Å²) in [6, 6.07) is 0. The second-order valence-electron chi connectivity index (χ2n) is 2.91. The van der Waals surface area contributed by atoms with E-state index in [4.69, 9.17) is 5.73 Å². The Morgan fingerprint density at radius 2 is 1.27 bits per heavy atom. The van der Waals surface area contributed by atoms with E-state index in [0.29, 0.717) is 0 Å². The van der Waals surface area contributed by atoms with E-state index in [1.807, 2.05) is 0 Å². The fraction of sp³-hybridized carbons (Fsp3) is 1.00. The lowest BCUT2D eigenvalue weighted by Gasteiger charge is -1.97. The van der Waals surface area contributed by atoms with Crippen molar-refractivity contribution in [3.63, 3.8) is 0 Å². The first-order chi connectivity index (χ1) is 4.91. The predicted molar refractivity (Wildman–Crippen MR) is 62.5 cm³/mol. The minimum atomic E-state index is 0. The van der Waals surface area contributed by atoms with Gasteiger partial charge in [-0.1, -0.05) is 45.4 Å². The quantitative estimate of drug-likeness (QED) is 0.558. The summed E-state index contributed by atoms with van der Waals surface area (Å²) in [4.78, 5) is 0. The molecular formula is C9H22IN. The first-order valence-electron chi connectivity index (χ1n) is 4.62. The van der Waals surface area contributed by atoms with E-state index in [1.54, 1.807) is 0 Å². The third kappa shape index (κ3) is 13.7. The minimum absolute atomic E-state index is 0. The summed E-state index contributed by atoms with van der Waals surface area (Å²) < 4.78 is 0. The standard InChI is InChI=1S/C9H21N.HI/c1-2-3-4-5-6-7-8-9-10;/h2-10H2,1H3;1H. The first-order valence-corrected chi connectivity index (χ1v) is 4.62. The third-order valence-electron chi connectivity index (χ3n) is 1.81. The van der Waals surface area contributed by atoms with Gasteiger partial charge in [-0.05, 0) is 13.0 Å². The summed E-state index contributed by atoms with van der Waals surface area (Å²) in [5.41, 5.74) is 5.37. The molecule has 0 heterocycles. The highest BCUT2D eigenvalue weighted by molar-refractivity contribution is 14.0. The molecule has 0 bridgehead atoms. The van der Waals surface area contributed by atoms with Crippen molar-refractivity contribution in [1.29, 1.82) is 0 Å². The minimum Gasteiger partial charge on any atom is -0.330 e. The van der Waals surface area contributed by atoms with Crippen LogP contribution in [0.4, 0.5) is 0 Å². The predicted octanol–water partition coefficient (Wildman–Crippen LogP) is 3.31. The van der Waals surface area contributed by atoms with E-state index in [2.05, 4.69) is 6.92 Å². The largest absolute Gasteiger partial charge is 0.330 e. The Morgan fingerprint density at radius 1 is 0.818 bits per heavy atom. The van der Waals surface area contributed by atoms with Crippen LogP contribution in [0.25, 0.3) is 0 Å². The summed E-state index contributed by atoms with van der Waals surface area (Å²) >= 11 is 0. The molecule has 11 heavy (non-hydrogen) atoms. The molecule has 0 spiro atoms. The average molecular weight is 271 g/mol. The molecule has 0 saturated heterocycles. The van der Waals surface area contributed by atoms with Crippen molar-refractivity contribution in [2.45, 2.75) is 51.9 Å². The summed E-state index contributed by atoms with van der Waals surface area (Å²) in [5, 5.41) is 0. The van der Waals surface area contributed by atoms with Crippen LogP contribution in [-0.2, 0) is 0 Å². The van der Waals surface area contributed by atoms with Gasteiger partial charge in [-0.3, -0.25) is 0 Å². The van der Waals surface area contributed by atoms with Gasteiger partial charge >= 0.3 is 0 Å². The van der Waals surface area contributed by atoms with Gasteiger partial charge in [-0.25, -0.2) is 0 Å². The third-order valence-corrected chi connectivity index (χ3v) is 1.81. The molecule has 0 unspecified atom stereocenters. The molecule has 70 valence electrons. The zero-order valence-corrected chi connectivity index (χ0v) is 9.97. The van der Waals surface area contributed by atoms with Gasteiger partial charge in [-0.15, -0.1) is 24.0 Å². The normalized spacial score (nSPS) is 9.27. The Kier molecular flexibility index (Phi) is 17.2. The van der Waals surface area contributed by atoms with E-state index in [1.165, 1.54) is 44.9 Å². The second kappa shape index (κ2) is 13.3. The molecule has 0 rings (SSSR count). The maximum absolute atomic E-state index is 5.37. The van der Waals surface area contributed by atoms with Crippen molar-refractivity contribution in [2.24, 2.45) is 5.73 Å². The molecule has 0 atom stereocenters. The van der Waals surface area contributed by atoms with Gasteiger partial charge in [0.15, 0.2) is 0 Å². The lowest BCUT2D eigenvalue weighted by atomic mass is 10.1. The Hall–Kier alpha value is 0.690.